The monoisotopic (exact) mass is 662 g/mol. The Kier molecular flexibility index (Phi) is 10.5. The topological polar surface area (TPSA) is 27.7 Å². The highest BCUT2D eigenvalue weighted by atomic mass is 19.4. The van der Waals surface area contributed by atoms with Crippen LogP contribution >= 0.6 is 0 Å². The summed E-state index contributed by atoms with van der Waals surface area (Å²) in [6, 6.07) is 2.60. The van der Waals surface area contributed by atoms with Gasteiger partial charge in [-0.25, -0.2) is 13.5 Å². The van der Waals surface area contributed by atoms with Crippen molar-refractivity contribution >= 4 is 0 Å². The molecule has 0 heterocycles. The number of alkyl halides is 9. The van der Waals surface area contributed by atoms with Crippen molar-refractivity contribution in [1.29, 1.82) is 0 Å². The number of hydrogen-bond acceptors (Lipinski definition) is 3. The molecule has 2 saturated carbocycles. The van der Waals surface area contributed by atoms with Crippen LogP contribution in [-0.2, 0) is 17.0 Å². The SMILES string of the molecule is CCCC1CCC(C2CCC(C(F)(F)Oc3ccc(C(F)(F)Oc4cc(F)c(C(F)(F)OC(F)(F)F)c(F)c4)cc3)CC2)CC1. The van der Waals surface area contributed by atoms with E-state index in [1.807, 2.05) is 0 Å². The van der Waals surface area contributed by atoms with E-state index >= 15 is 8.78 Å². The third-order valence-corrected chi connectivity index (χ3v) is 8.74. The van der Waals surface area contributed by atoms with Gasteiger partial charge in [0.25, 0.3) is 0 Å². The van der Waals surface area contributed by atoms with Gasteiger partial charge in [0.15, 0.2) is 0 Å². The van der Waals surface area contributed by atoms with Crippen LogP contribution in [0.3, 0.4) is 0 Å². The Labute approximate surface area is 253 Å². The van der Waals surface area contributed by atoms with E-state index in [-0.39, 0.29) is 25.0 Å². The minimum atomic E-state index is -5.98. The van der Waals surface area contributed by atoms with Crippen LogP contribution in [0.2, 0.25) is 0 Å². The van der Waals surface area contributed by atoms with Crippen molar-refractivity contribution in [3.05, 3.63) is 59.2 Å². The molecule has 0 N–H and O–H groups in total. The second-order valence-corrected chi connectivity index (χ2v) is 11.8. The lowest BCUT2D eigenvalue weighted by molar-refractivity contribution is -0.432. The first-order valence-electron chi connectivity index (χ1n) is 14.8. The van der Waals surface area contributed by atoms with Crippen molar-refractivity contribution in [3.8, 4) is 11.5 Å². The molecule has 3 nitrogen and oxygen atoms in total. The Morgan fingerprint density at radius 2 is 1.16 bits per heavy atom. The lowest BCUT2D eigenvalue weighted by atomic mass is 9.68. The summed E-state index contributed by atoms with van der Waals surface area (Å²) >= 11 is 0. The molecule has 0 aromatic heterocycles. The van der Waals surface area contributed by atoms with Crippen LogP contribution in [0.1, 0.15) is 82.3 Å². The third kappa shape index (κ3) is 8.94. The normalized spacial score (nSPS) is 23.6. The maximum absolute atomic E-state index is 15.0. The molecule has 0 radical (unpaired) electrons. The quantitative estimate of drug-likeness (QED) is 0.224. The van der Waals surface area contributed by atoms with E-state index in [0.29, 0.717) is 36.8 Å². The molecule has 2 aromatic carbocycles. The van der Waals surface area contributed by atoms with E-state index in [2.05, 4.69) is 16.4 Å². The van der Waals surface area contributed by atoms with E-state index in [1.54, 1.807) is 0 Å². The number of halogens is 11. The fourth-order valence-corrected chi connectivity index (χ4v) is 6.53. The lowest BCUT2D eigenvalue weighted by Gasteiger charge is -2.39. The van der Waals surface area contributed by atoms with Crippen LogP contribution < -0.4 is 9.47 Å². The van der Waals surface area contributed by atoms with Gasteiger partial charge in [-0.05, 0) is 80.5 Å². The Balaban J connectivity index is 1.34. The van der Waals surface area contributed by atoms with Crippen molar-refractivity contribution < 1.29 is 62.5 Å². The summed E-state index contributed by atoms with van der Waals surface area (Å²) in [4.78, 5) is 0. The minimum Gasteiger partial charge on any atom is -0.432 e. The highest BCUT2D eigenvalue weighted by Crippen LogP contribution is 2.46. The van der Waals surface area contributed by atoms with Crippen molar-refractivity contribution in [2.75, 3.05) is 0 Å². The van der Waals surface area contributed by atoms with Gasteiger partial charge < -0.3 is 9.47 Å². The molecule has 2 aliphatic carbocycles. The first-order chi connectivity index (χ1) is 20.9. The predicted molar refractivity (Wildman–Crippen MR) is 140 cm³/mol. The summed E-state index contributed by atoms with van der Waals surface area (Å²) in [5.74, 6) is -5.85. The van der Waals surface area contributed by atoms with Gasteiger partial charge in [-0.1, -0.05) is 32.6 Å². The fraction of sp³-hybridized carbons (Fsp3) is 0.613. The second kappa shape index (κ2) is 13.5. The zero-order valence-electron chi connectivity index (χ0n) is 24.2. The predicted octanol–water partition coefficient (Wildman–Crippen LogP) is 11.1. The van der Waals surface area contributed by atoms with Gasteiger partial charge in [0.1, 0.15) is 28.7 Å². The molecule has 14 heteroatoms. The average Bonchev–Trinajstić information content (AvgIpc) is 2.92. The summed E-state index contributed by atoms with van der Waals surface area (Å²) in [5.41, 5.74) is -3.45. The van der Waals surface area contributed by atoms with Gasteiger partial charge in [0.2, 0.25) is 0 Å². The van der Waals surface area contributed by atoms with E-state index in [1.165, 1.54) is 19.3 Å². The summed E-state index contributed by atoms with van der Waals surface area (Å²) in [5, 5.41) is 0. The zero-order valence-corrected chi connectivity index (χ0v) is 24.2. The molecular formula is C31H33F11O3. The zero-order chi connectivity index (χ0) is 33.2. The van der Waals surface area contributed by atoms with Crippen molar-refractivity contribution in [2.45, 2.75) is 95.8 Å². The molecule has 0 unspecified atom stereocenters. The van der Waals surface area contributed by atoms with Gasteiger partial charge in [0, 0.05) is 12.1 Å². The van der Waals surface area contributed by atoms with Crippen molar-refractivity contribution in [1.82, 2.24) is 0 Å². The fourth-order valence-electron chi connectivity index (χ4n) is 6.53. The van der Waals surface area contributed by atoms with Gasteiger partial charge in [-0.3, -0.25) is 0 Å². The standard InChI is InChI=1S/C31H33F11O3/c1-2-3-18-4-6-19(7-5-18)20-8-10-21(11-9-20)28(34,35)43-23-14-12-22(13-15-23)29(36,37)44-24-16-25(32)27(26(33)17-24)30(38,39)45-31(40,41)42/h12-21H,2-11H2,1H3. The van der Waals surface area contributed by atoms with Crippen LogP contribution in [0.4, 0.5) is 48.3 Å². The number of ether oxygens (including phenoxy) is 3. The van der Waals surface area contributed by atoms with Crippen LogP contribution in [0.25, 0.3) is 0 Å². The molecule has 2 fully saturated rings. The van der Waals surface area contributed by atoms with Crippen molar-refractivity contribution in [3.63, 3.8) is 0 Å². The lowest BCUT2D eigenvalue weighted by Crippen LogP contribution is -2.38. The van der Waals surface area contributed by atoms with E-state index in [0.717, 1.165) is 37.3 Å². The van der Waals surface area contributed by atoms with Gasteiger partial charge in [-0.2, -0.15) is 26.3 Å². The van der Waals surface area contributed by atoms with Gasteiger partial charge in [0.05, 0.1) is 11.5 Å². The first kappa shape index (κ1) is 35.1. The Bertz CT molecular complexity index is 1240. The largest absolute Gasteiger partial charge is 0.527 e. The number of rotatable bonds is 11. The molecule has 0 atom stereocenters. The first-order valence-corrected chi connectivity index (χ1v) is 14.8. The molecule has 252 valence electrons. The third-order valence-electron chi connectivity index (χ3n) is 8.74. The Morgan fingerprint density at radius 1 is 0.644 bits per heavy atom. The Morgan fingerprint density at radius 3 is 1.64 bits per heavy atom. The molecule has 2 aliphatic rings. The van der Waals surface area contributed by atoms with Crippen LogP contribution in [0.15, 0.2) is 36.4 Å². The average molecular weight is 663 g/mol. The number of hydrogen-bond donors (Lipinski definition) is 0. The molecular weight excluding hydrogens is 629 g/mol. The second-order valence-electron chi connectivity index (χ2n) is 11.8. The maximum atomic E-state index is 15.0. The van der Waals surface area contributed by atoms with Gasteiger partial charge in [-0.15, -0.1) is 13.2 Å². The molecule has 0 saturated heterocycles. The van der Waals surface area contributed by atoms with E-state index in [4.69, 9.17) is 4.74 Å². The maximum Gasteiger partial charge on any atom is 0.527 e. The van der Waals surface area contributed by atoms with E-state index in [9.17, 15) is 39.5 Å². The minimum absolute atomic E-state index is 0.176. The smallest absolute Gasteiger partial charge is 0.432 e. The molecule has 45 heavy (non-hydrogen) atoms. The molecule has 2 aromatic rings. The van der Waals surface area contributed by atoms with E-state index < -0.39 is 64.9 Å². The molecule has 0 spiro atoms. The summed E-state index contributed by atoms with van der Waals surface area (Å²) in [7, 11) is 0. The Hall–Kier alpha value is -2.77. The molecule has 4 rings (SSSR count). The van der Waals surface area contributed by atoms with Crippen LogP contribution in [0.5, 0.6) is 11.5 Å². The molecule has 0 amide bonds. The van der Waals surface area contributed by atoms with Crippen LogP contribution in [0, 0.1) is 35.3 Å². The molecule has 0 aliphatic heterocycles. The highest BCUT2D eigenvalue weighted by Gasteiger charge is 2.50. The number of benzene rings is 2. The summed E-state index contributed by atoms with van der Waals surface area (Å²) < 4.78 is 163. The summed E-state index contributed by atoms with van der Waals surface area (Å²) in [6.07, 6.45) is -10.6. The van der Waals surface area contributed by atoms with Crippen LogP contribution in [-0.4, -0.2) is 12.5 Å². The summed E-state index contributed by atoms with van der Waals surface area (Å²) in [6.45, 7) is 2.17. The highest BCUT2D eigenvalue weighted by molar-refractivity contribution is 5.34. The van der Waals surface area contributed by atoms with Crippen molar-refractivity contribution in [2.24, 2.45) is 23.7 Å². The molecule has 0 bridgehead atoms. The van der Waals surface area contributed by atoms with Gasteiger partial charge >= 0.3 is 24.7 Å².